The molecule has 1 atom stereocenters. The molecule has 0 fully saturated rings. The monoisotopic (exact) mass is 442 g/mol. The minimum atomic E-state index is -3.38. The van der Waals surface area contributed by atoms with Gasteiger partial charge in [0.05, 0.1) is 19.3 Å². The minimum Gasteiger partial charge on any atom is -0.388 e. The van der Waals surface area contributed by atoms with Crippen molar-refractivity contribution in [3.05, 3.63) is 75.5 Å². The van der Waals surface area contributed by atoms with E-state index in [2.05, 4.69) is 0 Å². The van der Waals surface area contributed by atoms with Crippen molar-refractivity contribution in [2.45, 2.75) is 32.8 Å². The van der Waals surface area contributed by atoms with Gasteiger partial charge in [-0.2, -0.15) is 0 Å². The van der Waals surface area contributed by atoms with Crippen LogP contribution < -0.4 is 0 Å². The second kappa shape index (κ2) is 11.2. The van der Waals surface area contributed by atoms with Gasteiger partial charge in [-0.25, -0.2) is 0 Å². The quantitative estimate of drug-likeness (QED) is 0.398. The highest BCUT2D eigenvalue weighted by atomic mass is 35.5. The van der Waals surface area contributed by atoms with Crippen molar-refractivity contribution in [2.75, 3.05) is 13.2 Å². The van der Waals surface area contributed by atoms with Gasteiger partial charge in [-0.1, -0.05) is 59.6 Å². The Morgan fingerprint density at radius 3 is 2.32 bits per heavy atom. The molecule has 7 heteroatoms. The summed E-state index contributed by atoms with van der Waals surface area (Å²) >= 11 is 12.1. The standard InChI is InChI=1S/C21H25Cl2O4P/c1-3-26-28(25,27-4-2)15-17(16-8-6-5-7-9-16)10-13-21(24)19-12-11-18(22)14-20(19)23/h5-9,11-12,14-15,21,24H,3-4,10,13H2,1-2H3/b17-15-. The molecule has 0 aliphatic rings. The van der Waals surface area contributed by atoms with Gasteiger partial charge in [0.1, 0.15) is 0 Å². The summed E-state index contributed by atoms with van der Waals surface area (Å²) in [4.78, 5) is 0. The number of aliphatic hydroxyl groups is 1. The Kier molecular flexibility index (Phi) is 9.23. The molecule has 1 N–H and O–H groups in total. The summed E-state index contributed by atoms with van der Waals surface area (Å²) < 4.78 is 23.8. The van der Waals surface area contributed by atoms with Crippen LogP contribution in [0.25, 0.3) is 5.57 Å². The number of hydrogen-bond acceptors (Lipinski definition) is 4. The van der Waals surface area contributed by atoms with E-state index in [1.54, 1.807) is 37.9 Å². The van der Waals surface area contributed by atoms with Gasteiger partial charge in [0.15, 0.2) is 0 Å². The Balaban J connectivity index is 2.27. The topological polar surface area (TPSA) is 55.8 Å². The van der Waals surface area contributed by atoms with Crippen LogP contribution in [-0.4, -0.2) is 18.3 Å². The molecule has 0 heterocycles. The highest BCUT2D eigenvalue weighted by molar-refractivity contribution is 7.57. The van der Waals surface area contributed by atoms with Crippen LogP contribution in [0.3, 0.4) is 0 Å². The molecule has 0 bridgehead atoms. The zero-order valence-corrected chi connectivity index (χ0v) is 18.4. The average molecular weight is 443 g/mol. The van der Waals surface area contributed by atoms with Crippen LogP contribution in [0.2, 0.25) is 10.0 Å². The number of allylic oxidation sites excluding steroid dienone is 1. The smallest absolute Gasteiger partial charge is 0.354 e. The fourth-order valence-electron chi connectivity index (χ4n) is 2.82. The zero-order chi connectivity index (χ0) is 20.6. The van der Waals surface area contributed by atoms with Gasteiger partial charge in [0.25, 0.3) is 0 Å². The molecule has 1 unspecified atom stereocenters. The summed E-state index contributed by atoms with van der Waals surface area (Å²) in [5.74, 6) is 1.56. The van der Waals surface area contributed by atoms with Crippen LogP contribution in [0.4, 0.5) is 0 Å². The maximum atomic E-state index is 13.0. The fraction of sp³-hybridized carbons (Fsp3) is 0.333. The Bertz CT molecular complexity index is 830. The fourth-order valence-corrected chi connectivity index (χ4v) is 4.96. The molecule has 0 saturated carbocycles. The normalized spacial score (nSPS) is 13.5. The molecule has 2 aromatic carbocycles. The summed E-state index contributed by atoms with van der Waals surface area (Å²) in [5.41, 5.74) is 2.29. The molecule has 0 aliphatic heterocycles. The highest BCUT2D eigenvalue weighted by Crippen LogP contribution is 2.52. The van der Waals surface area contributed by atoms with Crippen molar-refractivity contribution in [1.82, 2.24) is 0 Å². The van der Waals surface area contributed by atoms with Crippen molar-refractivity contribution in [3.8, 4) is 0 Å². The molecule has 0 aromatic heterocycles. The second-order valence-electron chi connectivity index (χ2n) is 6.12. The van der Waals surface area contributed by atoms with E-state index < -0.39 is 13.7 Å². The van der Waals surface area contributed by atoms with E-state index in [-0.39, 0.29) is 13.2 Å². The van der Waals surface area contributed by atoms with Gasteiger partial charge < -0.3 is 14.2 Å². The zero-order valence-electron chi connectivity index (χ0n) is 16.0. The predicted octanol–water partition coefficient (Wildman–Crippen LogP) is 7.11. The van der Waals surface area contributed by atoms with Crippen molar-refractivity contribution in [3.63, 3.8) is 0 Å². The van der Waals surface area contributed by atoms with Gasteiger partial charge in [-0.3, -0.25) is 4.57 Å². The van der Waals surface area contributed by atoms with Crippen LogP contribution in [0.1, 0.15) is 43.9 Å². The number of halogens is 2. The van der Waals surface area contributed by atoms with Crippen molar-refractivity contribution >= 4 is 36.4 Å². The lowest BCUT2D eigenvalue weighted by Crippen LogP contribution is -2.00. The van der Waals surface area contributed by atoms with Crippen LogP contribution in [-0.2, 0) is 13.6 Å². The van der Waals surface area contributed by atoms with E-state index >= 15 is 0 Å². The summed E-state index contributed by atoms with van der Waals surface area (Å²) in [6.45, 7) is 4.10. The maximum absolute atomic E-state index is 13.0. The van der Waals surface area contributed by atoms with Gasteiger partial charge in [-0.15, -0.1) is 0 Å². The summed E-state index contributed by atoms with van der Waals surface area (Å²) in [6, 6.07) is 14.6. The first-order valence-corrected chi connectivity index (χ1v) is 11.5. The van der Waals surface area contributed by atoms with E-state index in [9.17, 15) is 9.67 Å². The lowest BCUT2D eigenvalue weighted by Gasteiger charge is -2.18. The van der Waals surface area contributed by atoms with Gasteiger partial charge >= 0.3 is 7.60 Å². The second-order valence-corrected chi connectivity index (χ2v) is 8.81. The number of benzene rings is 2. The first-order chi connectivity index (χ1) is 13.4. The molecule has 4 nitrogen and oxygen atoms in total. The molecule has 0 saturated heterocycles. The van der Waals surface area contributed by atoms with E-state index in [0.717, 1.165) is 11.1 Å². The Labute approximate surface area is 176 Å². The number of aliphatic hydroxyl groups excluding tert-OH is 1. The Hall–Kier alpha value is -1.13. The van der Waals surface area contributed by atoms with Crippen LogP contribution in [0.5, 0.6) is 0 Å². The SMILES string of the molecule is CCOP(=O)(/C=C(/CCC(O)c1ccc(Cl)cc1Cl)c1ccccc1)OCC. The molecule has 152 valence electrons. The first-order valence-electron chi connectivity index (χ1n) is 9.17. The molecular formula is C21H25Cl2O4P. The highest BCUT2D eigenvalue weighted by Gasteiger charge is 2.22. The molecule has 0 amide bonds. The Morgan fingerprint density at radius 1 is 1.11 bits per heavy atom. The Morgan fingerprint density at radius 2 is 1.75 bits per heavy atom. The van der Waals surface area contributed by atoms with Crippen LogP contribution in [0.15, 0.2) is 54.3 Å². The molecule has 0 aliphatic carbocycles. The van der Waals surface area contributed by atoms with E-state index in [4.69, 9.17) is 32.2 Å². The van der Waals surface area contributed by atoms with E-state index in [0.29, 0.717) is 28.5 Å². The largest absolute Gasteiger partial charge is 0.388 e. The van der Waals surface area contributed by atoms with Crippen LogP contribution in [0, 0.1) is 0 Å². The number of rotatable bonds is 10. The minimum absolute atomic E-state index is 0.277. The third-order valence-electron chi connectivity index (χ3n) is 4.09. The lowest BCUT2D eigenvalue weighted by molar-refractivity contribution is 0.169. The molecule has 2 rings (SSSR count). The van der Waals surface area contributed by atoms with Gasteiger partial charge in [0.2, 0.25) is 0 Å². The number of hydrogen-bond donors (Lipinski definition) is 1. The third kappa shape index (κ3) is 6.73. The molecular weight excluding hydrogens is 418 g/mol. The third-order valence-corrected chi connectivity index (χ3v) is 6.51. The molecule has 0 spiro atoms. The lowest BCUT2D eigenvalue weighted by atomic mass is 9.98. The summed E-state index contributed by atoms with van der Waals surface area (Å²) in [5, 5.41) is 11.5. The molecule has 2 aromatic rings. The van der Waals surface area contributed by atoms with Crippen molar-refractivity contribution in [1.29, 1.82) is 0 Å². The van der Waals surface area contributed by atoms with E-state index in [1.807, 2.05) is 30.3 Å². The summed E-state index contributed by atoms with van der Waals surface area (Å²) in [6.07, 6.45) is 0.0738. The first kappa shape index (κ1) is 23.2. The van der Waals surface area contributed by atoms with Crippen molar-refractivity contribution in [2.24, 2.45) is 0 Å². The molecule has 28 heavy (non-hydrogen) atoms. The van der Waals surface area contributed by atoms with Crippen molar-refractivity contribution < 1.29 is 18.7 Å². The average Bonchev–Trinajstić information content (AvgIpc) is 2.66. The van der Waals surface area contributed by atoms with Gasteiger partial charge in [-0.05, 0) is 55.5 Å². The predicted molar refractivity (Wildman–Crippen MR) is 116 cm³/mol. The van der Waals surface area contributed by atoms with E-state index in [1.165, 1.54) is 0 Å². The maximum Gasteiger partial charge on any atom is 0.354 e. The van der Waals surface area contributed by atoms with Crippen LogP contribution >= 0.6 is 30.8 Å². The molecule has 0 radical (unpaired) electrons. The summed E-state index contributed by atoms with van der Waals surface area (Å²) in [7, 11) is -3.38. The van der Waals surface area contributed by atoms with Gasteiger partial charge in [0, 0.05) is 15.9 Å².